The van der Waals surface area contributed by atoms with Gasteiger partial charge in [-0.15, -0.1) is 0 Å². The molecular formula is C15H19F3N2O3S. The second-order valence-electron chi connectivity index (χ2n) is 5.99. The molecule has 5 nitrogen and oxygen atoms in total. The summed E-state index contributed by atoms with van der Waals surface area (Å²) >= 11 is 0. The van der Waals surface area contributed by atoms with Gasteiger partial charge in [-0.25, -0.2) is 8.42 Å². The molecule has 2 N–H and O–H groups in total. The van der Waals surface area contributed by atoms with E-state index in [-0.39, 0.29) is 23.4 Å². The molecule has 0 aromatic heterocycles. The summed E-state index contributed by atoms with van der Waals surface area (Å²) in [7, 11) is -5.41. The number of piperidine rings is 1. The quantitative estimate of drug-likeness (QED) is 0.891. The number of benzene rings is 1. The van der Waals surface area contributed by atoms with E-state index in [9.17, 15) is 26.4 Å². The van der Waals surface area contributed by atoms with E-state index in [2.05, 4.69) is 0 Å². The Hall–Kier alpha value is -1.61. The van der Waals surface area contributed by atoms with Crippen molar-refractivity contribution in [2.45, 2.75) is 36.2 Å². The second-order valence-corrected chi connectivity index (χ2v) is 7.93. The molecule has 1 fully saturated rings. The number of hydrogen-bond donors (Lipinski definition) is 1. The van der Waals surface area contributed by atoms with Gasteiger partial charge in [-0.3, -0.25) is 4.79 Å². The molecule has 0 saturated carbocycles. The van der Waals surface area contributed by atoms with Gasteiger partial charge >= 0.3 is 5.51 Å². The number of hydrogen-bond acceptors (Lipinski definition) is 4. The van der Waals surface area contributed by atoms with E-state index >= 15 is 0 Å². The average molecular weight is 364 g/mol. The number of carbonyl (C=O) groups is 1. The first-order valence-electron chi connectivity index (χ1n) is 7.50. The number of nitrogens with zero attached hydrogens (tertiary/aromatic N) is 1. The van der Waals surface area contributed by atoms with Crippen LogP contribution in [0.1, 0.15) is 30.1 Å². The minimum Gasteiger partial charge on any atom is -0.338 e. The van der Waals surface area contributed by atoms with Crippen molar-refractivity contribution in [1.82, 2.24) is 4.90 Å². The van der Waals surface area contributed by atoms with Crippen molar-refractivity contribution >= 4 is 15.7 Å². The molecule has 24 heavy (non-hydrogen) atoms. The summed E-state index contributed by atoms with van der Waals surface area (Å²) in [6.45, 7) is 2.90. The molecule has 1 amide bonds. The first-order chi connectivity index (χ1) is 11.0. The van der Waals surface area contributed by atoms with Gasteiger partial charge < -0.3 is 10.6 Å². The maximum Gasteiger partial charge on any atom is 0.501 e. The Balaban J connectivity index is 2.18. The van der Waals surface area contributed by atoms with Crippen LogP contribution in [-0.2, 0) is 9.84 Å². The maximum absolute atomic E-state index is 12.5. The van der Waals surface area contributed by atoms with Gasteiger partial charge in [-0.05, 0) is 49.9 Å². The Morgan fingerprint density at radius 2 is 1.88 bits per heavy atom. The van der Waals surface area contributed by atoms with Gasteiger partial charge in [0.25, 0.3) is 15.7 Å². The number of halogens is 3. The monoisotopic (exact) mass is 364 g/mol. The predicted octanol–water partition coefficient (Wildman–Crippen LogP) is 2.18. The molecule has 0 radical (unpaired) electrons. The largest absolute Gasteiger partial charge is 0.501 e. The normalized spacial score (nSPS) is 20.7. The fraction of sp³-hybridized carbons (Fsp3) is 0.533. The molecular weight excluding hydrogens is 345 g/mol. The minimum atomic E-state index is -5.41. The molecule has 0 spiro atoms. The van der Waals surface area contributed by atoms with Gasteiger partial charge in [0.2, 0.25) is 0 Å². The molecule has 2 atom stereocenters. The standard InChI is InChI=1S/C15H19F3N2O3S/c1-10(19)12-3-2-8-20(9-12)14(21)11-4-6-13(7-5-11)24(22,23)15(16,17)18/h4-7,10,12H,2-3,8-9,19H2,1H3/t10-,12-/m1/s1. The van der Waals surface area contributed by atoms with Crippen LogP contribution in [0.15, 0.2) is 29.2 Å². The number of sulfone groups is 1. The molecule has 0 unspecified atom stereocenters. The highest BCUT2D eigenvalue weighted by atomic mass is 32.2. The van der Waals surface area contributed by atoms with Crippen LogP contribution in [0.3, 0.4) is 0 Å². The van der Waals surface area contributed by atoms with Crippen LogP contribution in [-0.4, -0.2) is 43.9 Å². The van der Waals surface area contributed by atoms with Crippen molar-refractivity contribution in [1.29, 1.82) is 0 Å². The smallest absolute Gasteiger partial charge is 0.338 e. The lowest BCUT2D eigenvalue weighted by molar-refractivity contribution is -0.0436. The van der Waals surface area contributed by atoms with Crippen molar-refractivity contribution in [3.63, 3.8) is 0 Å². The van der Waals surface area contributed by atoms with Gasteiger partial charge in [0, 0.05) is 24.7 Å². The van der Waals surface area contributed by atoms with Crippen LogP contribution < -0.4 is 5.73 Å². The van der Waals surface area contributed by atoms with Crippen molar-refractivity contribution in [2.24, 2.45) is 11.7 Å². The molecule has 0 aliphatic carbocycles. The van der Waals surface area contributed by atoms with Crippen LogP contribution in [0.5, 0.6) is 0 Å². The number of carbonyl (C=O) groups excluding carboxylic acids is 1. The molecule has 2 rings (SSSR count). The topological polar surface area (TPSA) is 80.5 Å². The van der Waals surface area contributed by atoms with Crippen LogP contribution in [0.4, 0.5) is 13.2 Å². The lowest BCUT2D eigenvalue weighted by atomic mass is 9.92. The van der Waals surface area contributed by atoms with Crippen LogP contribution in [0.2, 0.25) is 0 Å². The van der Waals surface area contributed by atoms with Crippen molar-refractivity contribution in [3.8, 4) is 0 Å². The van der Waals surface area contributed by atoms with Gasteiger partial charge in [0.05, 0.1) is 4.90 Å². The third-order valence-corrected chi connectivity index (χ3v) is 5.71. The first kappa shape index (κ1) is 18.7. The molecule has 1 heterocycles. The SMILES string of the molecule is C[C@@H](N)[C@@H]1CCCN(C(=O)c2ccc(S(=O)(=O)C(F)(F)F)cc2)C1. The summed E-state index contributed by atoms with van der Waals surface area (Å²) in [5.41, 5.74) is 0.654. The van der Waals surface area contributed by atoms with E-state index in [4.69, 9.17) is 5.73 Å². The zero-order chi connectivity index (χ0) is 18.1. The Morgan fingerprint density at radius 1 is 1.29 bits per heavy atom. The molecule has 134 valence electrons. The summed E-state index contributed by atoms with van der Waals surface area (Å²) in [4.78, 5) is 13.2. The Morgan fingerprint density at radius 3 is 2.38 bits per heavy atom. The fourth-order valence-corrected chi connectivity index (χ4v) is 3.48. The van der Waals surface area contributed by atoms with E-state index in [1.165, 1.54) is 0 Å². The number of amides is 1. The Kier molecular flexibility index (Phi) is 5.24. The summed E-state index contributed by atoms with van der Waals surface area (Å²) in [6.07, 6.45) is 1.72. The second kappa shape index (κ2) is 6.72. The van der Waals surface area contributed by atoms with Crippen LogP contribution in [0, 0.1) is 5.92 Å². The van der Waals surface area contributed by atoms with Crippen LogP contribution in [0.25, 0.3) is 0 Å². The highest BCUT2D eigenvalue weighted by Crippen LogP contribution is 2.30. The van der Waals surface area contributed by atoms with Gasteiger partial charge in [-0.2, -0.15) is 13.2 Å². The average Bonchev–Trinajstić information content (AvgIpc) is 2.53. The number of rotatable bonds is 3. The van der Waals surface area contributed by atoms with E-state index in [0.717, 1.165) is 37.1 Å². The zero-order valence-electron chi connectivity index (χ0n) is 13.1. The molecule has 1 aliphatic rings. The van der Waals surface area contributed by atoms with Crippen molar-refractivity contribution in [3.05, 3.63) is 29.8 Å². The maximum atomic E-state index is 12.5. The molecule has 1 aromatic rings. The van der Waals surface area contributed by atoms with Gasteiger partial charge in [-0.1, -0.05) is 0 Å². The summed E-state index contributed by atoms with van der Waals surface area (Å²) in [5.74, 6) is -0.163. The molecule has 1 aromatic carbocycles. The number of likely N-dealkylation sites (tertiary alicyclic amines) is 1. The predicted molar refractivity (Wildman–Crippen MR) is 82.0 cm³/mol. The fourth-order valence-electron chi connectivity index (χ4n) is 2.72. The molecule has 0 bridgehead atoms. The molecule has 9 heteroatoms. The zero-order valence-corrected chi connectivity index (χ0v) is 13.9. The first-order valence-corrected chi connectivity index (χ1v) is 8.98. The van der Waals surface area contributed by atoms with Gasteiger partial charge in [0.15, 0.2) is 0 Å². The summed E-state index contributed by atoms with van der Waals surface area (Å²) < 4.78 is 60.2. The third kappa shape index (κ3) is 3.72. The minimum absolute atomic E-state index is 0.0556. The molecule has 1 aliphatic heterocycles. The lowest BCUT2D eigenvalue weighted by Crippen LogP contribution is -2.45. The van der Waals surface area contributed by atoms with E-state index in [0.29, 0.717) is 13.1 Å². The highest BCUT2D eigenvalue weighted by Gasteiger charge is 2.46. The number of alkyl halides is 3. The summed E-state index contributed by atoms with van der Waals surface area (Å²) in [6, 6.07) is 3.78. The van der Waals surface area contributed by atoms with Crippen LogP contribution >= 0.6 is 0 Å². The number of nitrogens with two attached hydrogens (primary N) is 1. The molecule has 1 saturated heterocycles. The lowest BCUT2D eigenvalue weighted by Gasteiger charge is -2.34. The Bertz CT molecular complexity index is 700. The van der Waals surface area contributed by atoms with Gasteiger partial charge in [0.1, 0.15) is 0 Å². The third-order valence-electron chi connectivity index (χ3n) is 4.20. The Labute approximate surface area is 138 Å². The van der Waals surface area contributed by atoms with Crippen molar-refractivity contribution in [2.75, 3.05) is 13.1 Å². The van der Waals surface area contributed by atoms with Crippen molar-refractivity contribution < 1.29 is 26.4 Å². The highest BCUT2D eigenvalue weighted by molar-refractivity contribution is 7.92. The van der Waals surface area contributed by atoms with E-state index < -0.39 is 20.2 Å². The van der Waals surface area contributed by atoms with E-state index in [1.807, 2.05) is 6.92 Å². The van der Waals surface area contributed by atoms with E-state index in [1.54, 1.807) is 4.90 Å². The summed E-state index contributed by atoms with van der Waals surface area (Å²) in [5, 5.41) is 0.